The molecule has 0 atom stereocenters. The minimum absolute atomic E-state index is 0.244. The Bertz CT molecular complexity index is 901. The van der Waals surface area contributed by atoms with Crippen molar-refractivity contribution in [3.8, 4) is 17.0 Å². The first-order valence-corrected chi connectivity index (χ1v) is 7.09. The molecule has 2 heterocycles. The lowest BCUT2D eigenvalue weighted by molar-refractivity contribution is 0.444. The van der Waals surface area contributed by atoms with Gasteiger partial charge in [0.05, 0.1) is 18.4 Å². The molecule has 0 spiro atoms. The van der Waals surface area contributed by atoms with Gasteiger partial charge in [0.15, 0.2) is 5.75 Å². The summed E-state index contributed by atoms with van der Waals surface area (Å²) in [6, 6.07) is 7.48. The number of nitrogens with zero attached hydrogens (tertiary/aromatic N) is 4. The molecule has 0 unspecified atom stereocenters. The monoisotopic (exact) mass is 314 g/mol. The lowest BCUT2D eigenvalue weighted by Gasteiger charge is -2.10. The largest absolute Gasteiger partial charge is 0.503 e. The van der Waals surface area contributed by atoms with E-state index >= 15 is 0 Å². The van der Waals surface area contributed by atoms with Gasteiger partial charge in [-0.2, -0.15) is 0 Å². The van der Waals surface area contributed by atoms with Gasteiger partial charge in [-0.3, -0.25) is 9.48 Å². The van der Waals surface area contributed by atoms with Crippen LogP contribution in [0.25, 0.3) is 11.3 Å². The molecule has 0 aliphatic rings. The van der Waals surface area contributed by atoms with Crippen molar-refractivity contribution in [2.75, 3.05) is 0 Å². The van der Waals surface area contributed by atoms with E-state index in [0.717, 1.165) is 0 Å². The standard InChI is InChI=1S/C16H15FN4O2/c1-11-16(23)15(22)5-6-20(11)7-8-21-10-14(18-19-21)12-3-2-4-13(17)9-12/h2-6,9-10,23H,7-8H2,1H3. The maximum absolute atomic E-state index is 13.2. The predicted octanol–water partition coefficient (Wildman–Crippen LogP) is 1.96. The van der Waals surface area contributed by atoms with E-state index in [4.69, 9.17) is 0 Å². The first-order chi connectivity index (χ1) is 11.0. The summed E-state index contributed by atoms with van der Waals surface area (Å²) in [5, 5.41) is 17.7. The van der Waals surface area contributed by atoms with E-state index in [2.05, 4.69) is 10.3 Å². The summed E-state index contributed by atoms with van der Waals surface area (Å²) in [4.78, 5) is 11.3. The molecule has 0 amide bonds. The Kier molecular flexibility index (Phi) is 3.92. The van der Waals surface area contributed by atoms with Gasteiger partial charge >= 0.3 is 0 Å². The molecule has 0 bridgehead atoms. The third kappa shape index (κ3) is 3.13. The number of aromatic nitrogens is 4. The highest BCUT2D eigenvalue weighted by atomic mass is 19.1. The average Bonchev–Trinajstić information content (AvgIpc) is 3.01. The van der Waals surface area contributed by atoms with Crippen molar-refractivity contribution in [3.63, 3.8) is 0 Å². The first kappa shape index (κ1) is 15.0. The minimum Gasteiger partial charge on any atom is -0.503 e. The molecule has 0 radical (unpaired) electrons. The topological polar surface area (TPSA) is 72.9 Å². The van der Waals surface area contributed by atoms with Gasteiger partial charge in [-0.1, -0.05) is 17.3 Å². The van der Waals surface area contributed by atoms with Crippen LogP contribution >= 0.6 is 0 Å². The van der Waals surface area contributed by atoms with Crippen LogP contribution in [0.5, 0.6) is 5.75 Å². The Labute approximate surface area is 131 Å². The highest BCUT2D eigenvalue weighted by molar-refractivity contribution is 5.57. The number of hydrogen-bond donors (Lipinski definition) is 1. The fraction of sp³-hybridized carbons (Fsp3) is 0.188. The zero-order valence-electron chi connectivity index (χ0n) is 12.5. The molecule has 3 rings (SSSR count). The molecular formula is C16H15FN4O2. The molecule has 1 aromatic carbocycles. The molecule has 23 heavy (non-hydrogen) atoms. The van der Waals surface area contributed by atoms with Crippen LogP contribution in [0, 0.1) is 12.7 Å². The molecule has 2 aromatic heterocycles. The van der Waals surface area contributed by atoms with Crippen LogP contribution < -0.4 is 5.43 Å². The van der Waals surface area contributed by atoms with Crippen molar-refractivity contribution in [1.29, 1.82) is 0 Å². The van der Waals surface area contributed by atoms with E-state index in [9.17, 15) is 14.3 Å². The number of halogens is 1. The van der Waals surface area contributed by atoms with Crippen LogP contribution in [0.1, 0.15) is 5.69 Å². The van der Waals surface area contributed by atoms with Crippen molar-refractivity contribution in [1.82, 2.24) is 19.6 Å². The normalized spacial score (nSPS) is 10.9. The second-order valence-corrected chi connectivity index (χ2v) is 5.18. The molecule has 6 nitrogen and oxygen atoms in total. The van der Waals surface area contributed by atoms with E-state index in [1.165, 1.54) is 18.2 Å². The maximum atomic E-state index is 13.2. The fourth-order valence-corrected chi connectivity index (χ4v) is 2.30. The van der Waals surface area contributed by atoms with Crippen molar-refractivity contribution >= 4 is 0 Å². The molecule has 0 saturated heterocycles. The van der Waals surface area contributed by atoms with Crippen LogP contribution in [-0.2, 0) is 13.1 Å². The fourth-order valence-electron chi connectivity index (χ4n) is 2.30. The SMILES string of the molecule is Cc1c(O)c(=O)ccn1CCn1cc(-c2cccc(F)c2)nn1. The summed E-state index contributed by atoms with van der Waals surface area (Å²) in [6.07, 6.45) is 3.36. The van der Waals surface area contributed by atoms with Gasteiger partial charge in [-0.15, -0.1) is 5.10 Å². The molecule has 1 N–H and O–H groups in total. The highest BCUT2D eigenvalue weighted by Gasteiger charge is 2.07. The second kappa shape index (κ2) is 6.04. The maximum Gasteiger partial charge on any atom is 0.223 e. The van der Waals surface area contributed by atoms with Crippen LogP contribution in [0.15, 0.2) is 47.5 Å². The molecular weight excluding hydrogens is 299 g/mol. The number of rotatable bonds is 4. The van der Waals surface area contributed by atoms with Gasteiger partial charge in [0, 0.05) is 24.4 Å². The van der Waals surface area contributed by atoms with Crippen LogP contribution in [0.4, 0.5) is 4.39 Å². The van der Waals surface area contributed by atoms with Gasteiger partial charge in [0.2, 0.25) is 5.43 Å². The zero-order chi connectivity index (χ0) is 16.4. The van der Waals surface area contributed by atoms with E-state index in [1.807, 2.05) is 0 Å². The third-order valence-corrected chi connectivity index (χ3v) is 3.64. The summed E-state index contributed by atoms with van der Waals surface area (Å²) in [6.45, 7) is 2.70. The Morgan fingerprint density at radius 1 is 1.26 bits per heavy atom. The van der Waals surface area contributed by atoms with E-state index in [0.29, 0.717) is 30.0 Å². The van der Waals surface area contributed by atoms with Crippen molar-refractivity contribution in [2.45, 2.75) is 20.0 Å². The van der Waals surface area contributed by atoms with Crippen molar-refractivity contribution < 1.29 is 9.50 Å². The molecule has 0 aliphatic carbocycles. The van der Waals surface area contributed by atoms with Crippen molar-refractivity contribution in [2.24, 2.45) is 0 Å². The Morgan fingerprint density at radius 3 is 2.87 bits per heavy atom. The second-order valence-electron chi connectivity index (χ2n) is 5.18. The number of benzene rings is 1. The quantitative estimate of drug-likeness (QED) is 0.799. The molecule has 3 aromatic rings. The summed E-state index contributed by atoms with van der Waals surface area (Å²) in [7, 11) is 0. The van der Waals surface area contributed by atoms with Crippen LogP contribution in [0.2, 0.25) is 0 Å². The van der Waals surface area contributed by atoms with Gasteiger partial charge in [-0.25, -0.2) is 4.39 Å². The van der Waals surface area contributed by atoms with E-state index < -0.39 is 5.43 Å². The minimum atomic E-state index is -0.395. The average molecular weight is 314 g/mol. The molecule has 7 heteroatoms. The third-order valence-electron chi connectivity index (χ3n) is 3.64. The summed E-state index contributed by atoms with van der Waals surface area (Å²) in [5.41, 5.74) is 1.35. The highest BCUT2D eigenvalue weighted by Crippen LogP contribution is 2.17. The number of aryl methyl sites for hydroxylation is 2. The van der Waals surface area contributed by atoms with Crippen LogP contribution in [-0.4, -0.2) is 24.7 Å². The van der Waals surface area contributed by atoms with Crippen LogP contribution in [0.3, 0.4) is 0 Å². The summed E-state index contributed by atoms with van der Waals surface area (Å²) < 4.78 is 16.6. The Balaban J connectivity index is 1.75. The summed E-state index contributed by atoms with van der Waals surface area (Å²) >= 11 is 0. The first-order valence-electron chi connectivity index (χ1n) is 7.09. The molecule has 0 saturated carbocycles. The smallest absolute Gasteiger partial charge is 0.223 e. The van der Waals surface area contributed by atoms with Crippen molar-refractivity contribution in [3.05, 3.63) is 64.5 Å². The zero-order valence-corrected chi connectivity index (χ0v) is 12.5. The van der Waals surface area contributed by atoms with Gasteiger partial charge < -0.3 is 9.67 Å². The van der Waals surface area contributed by atoms with Gasteiger partial charge in [0.1, 0.15) is 11.5 Å². The summed E-state index contributed by atoms with van der Waals surface area (Å²) in [5.74, 6) is -0.567. The number of pyridine rings is 1. The van der Waals surface area contributed by atoms with E-state index in [1.54, 1.807) is 40.7 Å². The number of aromatic hydroxyl groups is 1. The lowest BCUT2D eigenvalue weighted by atomic mass is 10.2. The predicted molar refractivity (Wildman–Crippen MR) is 82.5 cm³/mol. The lowest BCUT2D eigenvalue weighted by Crippen LogP contribution is -2.14. The molecule has 0 aliphatic heterocycles. The Morgan fingerprint density at radius 2 is 2.09 bits per heavy atom. The van der Waals surface area contributed by atoms with Gasteiger partial charge in [-0.05, 0) is 19.1 Å². The molecule has 0 fully saturated rings. The van der Waals surface area contributed by atoms with Gasteiger partial charge in [0.25, 0.3) is 0 Å². The molecule has 118 valence electrons. The Hall–Kier alpha value is -2.96. The van der Waals surface area contributed by atoms with E-state index in [-0.39, 0.29) is 11.6 Å². The number of hydrogen-bond acceptors (Lipinski definition) is 4.